The Morgan fingerprint density at radius 3 is 2.86 bits per heavy atom. The van der Waals surface area contributed by atoms with Crippen LogP contribution in [0.15, 0.2) is 42.7 Å². The summed E-state index contributed by atoms with van der Waals surface area (Å²) in [4.78, 5) is 14.4. The summed E-state index contributed by atoms with van der Waals surface area (Å²) >= 11 is 0. The summed E-state index contributed by atoms with van der Waals surface area (Å²) in [5.41, 5.74) is 5.18. The average Bonchev–Trinajstić information content (AvgIpc) is 3.38. The summed E-state index contributed by atoms with van der Waals surface area (Å²) in [5, 5.41) is 20.4. The molecular weight excluding hydrogens is 366 g/mol. The van der Waals surface area contributed by atoms with Gasteiger partial charge in [-0.1, -0.05) is 30.3 Å². The number of benzene rings is 1. The zero-order chi connectivity index (χ0) is 20.1. The molecule has 2 amide bonds. The number of carbonyl (C=O) groups excluding carboxylic acids is 1. The van der Waals surface area contributed by atoms with E-state index in [-0.39, 0.29) is 6.03 Å². The van der Waals surface area contributed by atoms with Gasteiger partial charge in [-0.3, -0.25) is 15.1 Å². The van der Waals surface area contributed by atoms with Crippen molar-refractivity contribution >= 4 is 11.7 Å². The summed E-state index contributed by atoms with van der Waals surface area (Å²) < 4.78 is 0. The monoisotopic (exact) mass is 393 g/mol. The van der Waals surface area contributed by atoms with E-state index in [1.54, 1.807) is 6.20 Å². The van der Waals surface area contributed by atoms with Crippen LogP contribution in [0.25, 0.3) is 11.3 Å². The second kappa shape index (κ2) is 8.91. The summed E-state index contributed by atoms with van der Waals surface area (Å²) in [6.07, 6.45) is 5.78. The van der Waals surface area contributed by atoms with Gasteiger partial charge >= 0.3 is 6.03 Å². The topological polar surface area (TPSA) is 102 Å². The Hall–Kier alpha value is -3.13. The van der Waals surface area contributed by atoms with Crippen LogP contribution in [-0.4, -0.2) is 51.0 Å². The molecule has 1 fully saturated rings. The molecule has 4 N–H and O–H groups in total. The Balaban J connectivity index is 1.45. The molecule has 29 heavy (non-hydrogen) atoms. The van der Waals surface area contributed by atoms with Crippen LogP contribution in [0.1, 0.15) is 36.9 Å². The van der Waals surface area contributed by atoms with Crippen LogP contribution in [0.4, 0.5) is 10.5 Å². The predicted molar refractivity (Wildman–Crippen MR) is 113 cm³/mol. The number of hydrogen-bond acceptors (Lipinski definition) is 4. The van der Waals surface area contributed by atoms with Crippen molar-refractivity contribution in [3.63, 3.8) is 0 Å². The molecule has 152 valence electrons. The summed E-state index contributed by atoms with van der Waals surface area (Å²) in [7, 11) is 0. The van der Waals surface area contributed by atoms with Gasteiger partial charge in [0.25, 0.3) is 0 Å². The van der Waals surface area contributed by atoms with Gasteiger partial charge in [0.15, 0.2) is 0 Å². The van der Waals surface area contributed by atoms with Gasteiger partial charge in [-0.05, 0) is 31.9 Å². The number of nitrogens with zero attached hydrogens (tertiary/aromatic N) is 3. The highest BCUT2D eigenvalue weighted by atomic mass is 16.2. The molecular formula is C21H27N7O. The van der Waals surface area contributed by atoms with Gasteiger partial charge in [0, 0.05) is 31.1 Å². The SMILES string of the molecule is CCNC(=O)Nc1cn[nH]c1[C@@H]1CCCN(Cc2cn[nH]c2-c2ccccc2)C1. The van der Waals surface area contributed by atoms with Gasteiger partial charge in [0.05, 0.1) is 29.5 Å². The molecule has 3 aromatic rings. The molecule has 0 saturated carbocycles. The van der Waals surface area contributed by atoms with Crippen molar-refractivity contribution in [2.45, 2.75) is 32.2 Å². The van der Waals surface area contributed by atoms with Gasteiger partial charge < -0.3 is 10.6 Å². The Kier molecular flexibility index (Phi) is 5.90. The smallest absolute Gasteiger partial charge is 0.319 e. The van der Waals surface area contributed by atoms with E-state index in [0.29, 0.717) is 12.5 Å². The first kappa shape index (κ1) is 19.2. The number of likely N-dealkylation sites (tertiary alicyclic amines) is 1. The van der Waals surface area contributed by atoms with Crippen LogP contribution >= 0.6 is 0 Å². The van der Waals surface area contributed by atoms with Crippen LogP contribution < -0.4 is 10.6 Å². The molecule has 0 unspecified atom stereocenters. The zero-order valence-corrected chi connectivity index (χ0v) is 16.6. The minimum absolute atomic E-state index is 0.200. The fourth-order valence-electron chi connectivity index (χ4n) is 4.00. The number of amides is 2. The van der Waals surface area contributed by atoms with Gasteiger partial charge in [-0.25, -0.2) is 4.79 Å². The Morgan fingerprint density at radius 2 is 2.03 bits per heavy atom. The summed E-state index contributed by atoms with van der Waals surface area (Å²) in [6, 6.07) is 10.1. The minimum Gasteiger partial charge on any atom is -0.338 e. The van der Waals surface area contributed by atoms with Crippen molar-refractivity contribution in [1.29, 1.82) is 0 Å². The maximum Gasteiger partial charge on any atom is 0.319 e. The normalized spacial score (nSPS) is 17.2. The third-order valence-electron chi connectivity index (χ3n) is 5.34. The Labute approximate surface area is 170 Å². The number of H-pyrrole nitrogens is 2. The summed E-state index contributed by atoms with van der Waals surface area (Å²) in [6.45, 7) is 5.28. The second-order valence-electron chi connectivity index (χ2n) is 7.39. The third-order valence-corrected chi connectivity index (χ3v) is 5.34. The van der Waals surface area contributed by atoms with E-state index in [9.17, 15) is 4.79 Å². The van der Waals surface area contributed by atoms with E-state index in [1.807, 2.05) is 31.3 Å². The molecule has 8 heteroatoms. The number of urea groups is 1. The predicted octanol–water partition coefficient (Wildman–Crippen LogP) is 3.32. The van der Waals surface area contributed by atoms with Gasteiger partial charge in [0.2, 0.25) is 0 Å². The lowest BCUT2D eigenvalue weighted by Crippen LogP contribution is -2.34. The maximum atomic E-state index is 11.9. The molecule has 1 saturated heterocycles. The molecule has 2 aromatic heterocycles. The number of nitrogens with one attached hydrogen (secondary N) is 4. The van der Waals surface area contributed by atoms with Crippen molar-refractivity contribution < 1.29 is 4.79 Å². The number of piperidine rings is 1. The average molecular weight is 393 g/mol. The number of anilines is 1. The number of hydrogen-bond donors (Lipinski definition) is 4. The number of aromatic nitrogens is 4. The lowest BCUT2D eigenvalue weighted by molar-refractivity contribution is 0.199. The van der Waals surface area contributed by atoms with E-state index in [1.165, 1.54) is 5.56 Å². The Bertz CT molecular complexity index is 933. The lowest BCUT2D eigenvalue weighted by atomic mass is 9.93. The third kappa shape index (κ3) is 4.48. The highest BCUT2D eigenvalue weighted by Crippen LogP contribution is 2.31. The highest BCUT2D eigenvalue weighted by molar-refractivity contribution is 5.89. The zero-order valence-electron chi connectivity index (χ0n) is 16.6. The van der Waals surface area contributed by atoms with Gasteiger partial charge in [-0.15, -0.1) is 0 Å². The molecule has 0 spiro atoms. The molecule has 1 atom stereocenters. The molecule has 1 aromatic carbocycles. The lowest BCUT2D eigenvalue weighted by Gasteiger charge is -2.32. The largest absolute Gasteiger partial charge is 0.338 e. The molecule has 0 aliphatic carbocycles. The molecule has 0 bridgehead atoms. The van der Waals surface area contributed by atoms with E-state index >= 15 is 0 Å². The molecule has 1 aliphatic rings. The van der Waals surface area contributed by atoms with Crippen molar-refractivity contribution in [2.75, 3.05) is 25.0 Å². The fraction of sp³-hybridized carbons (Fsp3) is 0.381. The first-order chi connectivity index (χ1) is 14.2. The van der Waals surface area contributed by atoms with Crippen molar-refractivity contribution in [3.05, 3.63) is 54.0 Å². The standard InChI is InChI=1S/C21H27N7O/c1-2-22-21(29)25-18-12-24-27-20(18)16-9-6-10-28(13-16)14-17-11-23-26-19(17)15-7-4-3-5-8-15/h3-5,7-8,11-12,16H,2,6,9-10,13-14H2,1H3,(H,23,26)(H,24,27)(H2,22,25,29)/t16-/m1/s1. The van der Waals surface area contributed by atoms with Crippen molar-refractivity contribution in [3.8, 4) is 11.3 Å². The molecule has 4 rings (SSSR count). The van der Waals surface area contributed by atoms with E-state index < -0.39 is 0 Å². The van der Waals surface area contributed by atoms with Gasteiger partial charge in [0.1, 0.15) is 0 Å². The molecule has 3 heterocycles. The first-order valence-electron chi connectivity index (χ1n) is 10.1. The maximum absolute atomic E-state index is 11.9. The molecule has 1 aliphatic heterocycles. The van der Waals surface area contributed by atoms with Crippen molar-refractivity contribution in [1.82, 2.24) is 30.6 Å². The summed E-state index contributed by atoms with van der Waals surface area (Å²) in [5.74, 6) is 0.301. The van der Waals surface area contributed by atoms with Crippen molar-refractivity contribution in [2.24, 2.45) is 0 Å². The quantitative estimate of drug-likeness (QED) is 0.516. The molecule has 0 radical (unpaired) electrons. The van der Waals surface area contributed by atoms with Crippen LogP contribution in [0.2, 0.25) is 0 Å². The van der Waals surface area contributed by atoms with Gasteiger partial charge in [-0.2, -0.15) is 10.2 Å². The fourth-order valence-corrected chi connectivity index (χ4v) is 4.00. The van der Waals surface area contributed by atoms with Crippen LogP contribution in [0.5, 0.6) is 0 Å². The minimum atomic E-state index is -0.200. The van der Waals surface area contributed by atoms with E-state index in [0.717, 1.165) is 55.1 Å². The van der Waals surface area contributed by atoms with E-state index in [2.05, 4.69) is 48.1 Å². The van der Waals surface area contributed by atoms with Crippen LogP contribution in [-0.2, 0) is 6.54 Å². The van der Waals surface area contributed by atoms with Crippen LogP contribution in [0.3, 0.4) is 0 Å². The Morgan fingerprint density at radius 1 is 1.21 bits per heavy atom. The van der Waals surface area contributed by atoms with E-state index in [4.69, 9.17) is 0 Å². The molecule has 8 nitrogen and oxygen atoms in total. The number of aromatic amines is 2. The highest BCUT2D eigenvalue weighted by Gasteiger charge is 2.26. The first-order valence-corrected chi connectivity index (χ1v) is 10.1. The second-order valence-corrected chi connectivity index (χ2v) is 7.39. The number of carbonyl (C=O) groups is 1. The number of rotatable bonds is 6. The van der Waals surface area contributed by atoms with Crippen LogP contribution in [0, 0.1) is 0 Å².